The summed E-state index contributed by atoms with van der Waals surface area (Å²) in [5.41, 5.74) is 2.09. The van der Waals surface area contributed by atoms with Crippen molar-refractivity contribution >= 4 is 21.9 Å². The minimum atomic E-state index is -3.74. The van der Waals surface area contributed by atoms with E-state index in [0.717, 1.165) is 11.1 Å². The monoisotopic (exact) mass is 446 g/mol. The maximum atomic E-state index is 12.6. The fourth-order valence-corrected chi connectivity index (χ4v) is 3.86. The molecule has 1 aliphatic heterocycles. The normalized spacial score (nSPS) is 18.6. The van der Waals surface area contributed by atoms with E-state index in [0.29, 0.717) is 24.3 Å². The predicted molar refractivity (Wildman–Crippen MR) is 114 cm³/mol. The number of hydrogen-bond acceptors (Lipinski definition) is 6. The minimum Gasteiger partial charge on any atom is -0.489 e. The third-order valence-electron chi connectivity index (χ3n) is 5.38. The molecule has 1 amide bonds. The highest BCUT2D eigenvalue weighted by molar-refractivity contribution is 7.89. The van der Waals surface area contributed by atoms with E-state index in [1.807, 2.05) is 19.9 Å². The summed E-state index contributed by atoms with van der Waals surface area (Å²) in [4.78, 5) is 24.9. The highest BCUT2D eigenvalue weighted by Crippen LogP contribution is 2.40. The van der Waals surface area contributed by atoms with E-state index in [9.17, 15) is 18.0 Å². The molecule has 166 valence electrons. The first-order valence-corrected chi connectivity index (χ1v) is 11.5. The fourth-order valence-electron chi connectivity index (χ4n) is 3.34. The second-order valence-electron chi connectivity index (χ2n) is 7.61. The number of ether oxygens (including phenoxy) is 2. The van der Waals surface area contributed by atoms with Gasteiger partial charge >= 0.3 is 5.97 Å². The zero-order chi connectivity index (χ0) is 22.8. The van der Waals surface area contributed by atoms with Crippen LogP contribution in [0.1, 0.15) is 48.2 Å². The van der Waals surface area contributed by atoms with Gasteiger partial charge in [-0.15, -0.1) is 0 Å². The molecular formula is C22H26N2O6S. The molecule has 1 heterocycles. The van der Waals surface area contributed by atoms with Crippen LogP contribution >= 0.6 is 0 Å². The first-order valence-electron chi connectivity index (χ1n) is 9.98. The van der Waals surface area contributed by atoms with Gasteiger partial charge in [-0.05, 0) is 44.0 Å². The lowest BCUT2D eigenvalue weighted by molar-refractivity contribution is -0.129. The molecule has 2 aromatic rings. The van der Waals surface area contributed by atoms with E-state index in [-0.39, 0.29) is 16.9 Å². The molecule has 8 nitrogen and oxygen atoms in total. The Labute approximate surface area is 181 Å². The predicted octanol–water partition coefficient (Wildman–Crippen LogP) is 2.12. The van der Waals surface area contributed by atoms with Crippen molar-refractivity contribution in [2.45, 2.75) is 50.2 Å². The Kier molecular flexibility index (Phi) is 6.66. The van der Waals surface area contributed by atoms with Crippen LogP contribution in [0.3, 0.4) is 0 Å². The number of primary sulfonamides is 1. The van der Waals surface area contributed by atoms with Crippen LogP contribution in [0.15, 0.2) is 47.4 Å². The standard InChI is InChI=1S/C22H26N2O6S/c1-13-14(2)29-20-18(13)5-4-6-19(20)22(26)30-15(3)21(25)24-12-11-16-7-9-17(10-8-16)31(23,27)28/h4-10,13-15H,11-12H2,1-3H3,(H,24,25)(H2,23,27,28)/t13-,14-,15+/m1/s1. The zero-order valence-corrected chi connectivity index (χ0v) is 18.4. The number of nitrogens with one attached hydrogen (secondary N) is 1. The Bertz CT molecular complexity index is 1080. The quantitative estimate of drug-likeness (QED) is 0.628. The second-order valence-corrected chi connectivity index (χ2v) is 9.17. The summed E-state index contributed by atoms with van der Waals surface area (Å²) in [6.07, 6.45) is -0.541. The van der Waals surface area contributed by atoms with Gasteiger partial charge in [0, 0.05) is 18.0 Å². The SMILES string of the molecule is C[C@H](OC(=O)c1cccc2c1O[C@H](C)[C@H]2C)C(=O)NCCc1ccc(S(N)(=O)=O)cc1. The molecule has 1 aliphatic rings. The lowest BCUT2D eigenvalue weighted by atomic mass is 9.97. The Balaban J connectivity index is 1.53. The number of rotatable bonds is 7. The number of nitrogens with two attached hydrogens (primary N) is 1. The Hall–Kier alpha value is -2.91. The van der Waals surface area contributed by atoms with Crippen LogP contribution in [0.4, 0.5) is 0 Å². The van der Waals surface area contributed by atoms with Crippen LogP contribution in [-0.4, -0.2) is 39.0 Å². The summed E-state index contributed by atoms with van der Waals surface area (Å²) in [5.74, 6) is -0.352. The van der Waals surface area contributed by atoms with Gasteiger partial charge < -0.3 is 14.8 Å². The van der Waals surface area contributed by atoms with Gasteiger partial charge in [-0.25, -0.2) is 18.4 Å². The van der Waals surface area contributed by atoms with E-state index in [4.69, 9.17) is 14.6 Å². The third kappa shape index (κ3) is 5.23. The lowest BCUT2D eigenvalue weighted by Crippen LogP contribution is -2.37. The number of esters is 1. The molecule has 0 spiro atoms. The van der Waals surface area contributed by atoms with Gasteiger partial charge in [0.25, 0.3) is 5.91 Å². The molecule has 9 heteroatoms. The summed E-state index contributed by atoms with van der Waals surface area (Å²) in [6, 6.07) is 11.4. The van der Waals surface area contributed by atoms with Crippen molar-refractivity contribution in [1.82, 2.24) is 5.32 Å². The van der Waals surface area contributed by atoms with E-state index < -0.39 is 28.0 Å². The topological polar surface area (TPSA) is 125 Å². The number of amides is 1. The zero-order valence-electron chi connectivity index (χ0n) is 17.6. The highest BCUT2D eigenvalue weighted by atomic mass is 32.2. The molecule has 3 atom stereocenters. The number of para-hydroxylation sites is 1. The first kappa shape index (κ1) is 22.8. The van der Waals surface area contributed by atoms with E-state index in [1.54, 1.807) is 24.3 Å². The number of sulfonamides is 1. The Morgan fingerprint density at radius 2 is 1.84 bits per heavy atom. The average molecular weight is 447 g/mol. The molecule has 0 saturated heterocycles. The molecule has 0 bridgehead atoms. The van der Waals surface area contributed by atoms with Gasteiger partial charge in [-0.2, -0.15) is 0 Å². The molecule has 0 saturated carbocycles. The van der Waals surface area contributed by atoms with Gasteiger partial charge in [-0.3, -0.25) is 4.79 Å². The molecule has 0 radical (unpaired) electrons. The lowest BCUT2D eigenvalue weighted by Gasteiger charge is -2.15. The fraction of sp³-hybridized carbons (Fsp3) is 0.364. The van der Waals surface area contributed by atoms with Crippen LogP contribution in [0.2, 0.25) is 0 Å². The summed E-state index contributed by atoms with van der Waals surface area (Å²) in [5, 5.41) is 7.78. The Morgan fingerprint density at radius 3 is 2.48 bits per heavy atom. The molecule has 0 fully saturated rings. The number of fused-ring (bicyclic) bond motifs is 1. The maximum absolute atomic E-state index is 12.6. The number of carbonyl (C=O) groups is 2. The van der Waals surface area contributed by atoms with Crippen LogP contribution in [0.5, 0.6) is 5.75 Å². The minimum absolute atomic E-state index is 0.0287. The molecule has 0 unspecified atom stereocenters. The van der Waals surface area contributed by atoms with Crippen molar-refractivity contribution in [2.24, 2.45) is 5.14 Å². The van der Waals surface area contributed by atoms with Gasteiger partial charge in [0.2, 0.25) is 10.0 Å². The van der Waals surface area contributed by atoms with Crippen molar-refractivity contribution in [2.75, 3.05) is 6.54 Å². The smallest absolute Gasteiger partial charge is 0.342 e. The molecule has 0 aliphatic carbocycles. The van der Waals surface area contributed by atoms with Gasteiger partial charge in [0.15, 0.2) is 6.10 Å². The maximum Gasteiger partial charge on any atom is 0.342 e. The Morgan fingerprint density at radius 1 is 1.16 bits per heavy atom. The van der Waals surface area contributed by atoms with E-state index >= 15 is 0 Å². The second kappa shape index (κ2) is 9.07. The average Bonchev–Trinajstić information content (AvgIpc) is 3.01. The van der Waals surface area contributed by atoms with Crippen molar-refractivity contribution in [3.05, 3.63) is 59.2 Å². The van der Waals surface area contributed by atoms with Gasteiger partial charge in [0.05, 0.1) is 4.90 Å². The van der Waals surface area contributed by atoms with Crippen molar-refractivity contribution in [3.8, 4) is 5.75 Å². The van der Waals surface area contributed by atoms with Crippen LogP contribution in [0, 0.1) is 0 Å². The summed E-state index contributed by atoms with van der Waals surface area (Å²) < 4.78 is 33.7. The summed E-state index contributed by atoms with van der Waals surface area (Å²) >= 11 is 0. The molecule has 2 aromatic carbocycles. The molecule has 0 aromatic heterocycles. The largest absolute Gasteiger partial charge is 0.489 e. The molecular weight excluding hydrogens is 420 g/mol. The van der Waals surface area contributed by atoms with Crippen LogP contribution in [0.25, 0.3) is 0 Å². The number of hydrogen-bond donors (Lipinski definition) is 2. The van der Waals surface area contributed by atoms with Gasteiger partial charge in [-0.1, -0.05) is 31.2 Å². The third-order valence-corrected chi connectivity index (χ3v) is 6.31. The van der Waals surface area contributed by atoms with Crippen molar-refractivity contribution in [3.63, 3.8) is 0 Å². The van der Waals surface area contributed by atoms with Crippen LogP contribution < -0.4 is 15.2 Å². The van der Waals surface area contributed by atoms with E-state index in [2.05, 4.69) is 5.32 Å². The first-order chi connectivity index (χ1) is 14.6. The summed E-state index contributed by atoms with van der Waals surface area (Å²) in [7, 11) is -3.74. The number of benzene rings is 2. The molecule has 31 heavy (non-hydrogen) atoms. The molecule has 3 N–H and O–H groups in total. The van der Waals surface area contributed by atoms with Crippen molar-refractivity contribution in [1.29, 1.82) is 0 Å². The van der Waals surface area contributed by atoms with Crippen molar-refractivity contribution < 1.29 is 27.5 Å². The number of carbonyl (C=O) groups excluding carboxylic acids is 2. The van der Waals surface area contributed by atoms with Gasteiger partial charge in [0.1, 0.15) is 17.4 Å². The molecule has 3 rings (SSSR count). The van der Waals surface area contributed by atoms with E-state index in [1.165, 1.54) is 19.1 Å². The highest BCUT2D eigenvalue weighted by Gasteiger charge is 2.32. The summed E-state index contributed by atoms with van der Waals surface area (Å²) in [6.45, 7) is 5.78. The van der Waals surface area contributed by atoms with Crippen LogP contribution in [-0.2, 0) is 26.0 Å².